The lowest BCUT2D eigenvalue weighted by Crippen LogP contribution is -2.09. The highest BCUT2D eigenvalue weighted by atomic mass is 19.1. The molecule has 0 aromatic carbocycles. The predicted octanol–water partition coefficient (Wildman–Crippen LogP) is 1.28. The first kappa shape index (κ1) is 9.27. The van der Waals surface area contributed by atoms with Crippen molar-refractivity contribution in [1.29, 1.82) is 0 Å². The number of Topliss-reactive ketones (excluding diaryl/α,β-unsaturated/α-hetero) is 1. The fourth-order valence-electron chi connectivity index (χ4n) is 0.647. The van der Waals surface area contributed by atoms with Gasteiger partial charge in [-0.1, -0.05) is 6.92 Å². The quantitative estimate of drug-likeness (QED) is 0.547. The Bertz CT molecular complexity index is 123. The van der Waals surface area contributed by atoms with Gasteiger partial charge in [-0.25, -0.2) is 4.39 Å². The van der Waals surface area contributed by atoms with Gasteiger partial charge in [-0.15, -0.1) is 0 Å². The summed E-state index contributed by atoms with van der Waals surface area (Å²) in [6.07, 6.45) is -0.608. The third-order valence-electron chi connectivity index (χ3n) is 1.10. The van der Waals surface area contributed by atoms with Gasteiger partial charge in [-0.2, -0.15) is 0 Å². The molecule has 2 nitrogen and oxygen atoms in total. The van der Waals surface area contributed by atoms with Crippen molar-refractivity contribution in [1.82, 2.24) is 0 Å². The summed E-state index contributed by atoms with van der Waals surface area (Å²) in [6, 6.07) is 0. The minimum absolute atomic E-state index is 0.160. The van der Waals surface area contributed by atoms with Gasteiger partial charge in [0.25, 0.3) is 0 Å². The molecule has 58 valence electrons. The van der Waals surface area contributed by atoms with Crippen LogP contribution in [-0.2, 0) is 9.59 Å². The number of carbonyl (C=O) groups excluding carboxylic acids is 2. The van der Waals surface area contributed by atoms with E-state index in [2.05, 4.69) is 0 Å². The van der Waals surface area contributed by atoms with Gasteiger partial charge in [0, 0.05) is 12.8 Å². The largest absolute Gasteiger partial charge is 0.300 e. The Kier molecular flexibility index (Phi) is 4.72. The summed E-state index contributed by atoms with van der Waals surface area (Å²) in [5.41, 5.74) is 0. The van der Waals surface area contributed by atoms with Gasteiger partial charge in [0.15, 0.2) is 12.5 Å². The molecule has 0 bridgehead atoms. The van der Waals surface area contributed by atoms with E-state index >= 15 is 0 Å². The van der Waals surface area contributed by atoms with Gasteiger partial charge in [0.05, 0.1) is 0 Å². The van der Waals surface area contributed by atoms with Gasteiger partial charge >= 0.3 is 0 Å². The molecule has 0 aliphatic rings. The van der Waals surface area contributed by atoms with Crippen LogP contribution in [0.5, 0.6) is 0 Å². The van der Waals surface area contributed by atoms with Gasteiger partial charge < -0.3 is 4.79 Å². The molecule has 0 radical (unpaired) electrons. The second-order valence-electron chi connectivity index (χ2n) is 2.14. The zero-order chi connectivity index (χ0) is 7.98. The van der Waals surface area contributed by atoms with Crippen molar-refractivity contribution < 1.29 is 14.0 Å². The monoisotopic (exact) mass is 146 g/mol. The van der Waals surface area contributed by atoms with Crippen molar-refractivity contribution in [3.63, 3.8) is 0 Å². The van der Waals surface area contributed by atoms with Gasteiger partial charge in [0.1, 0.15) is 5.78 Å². The maximum Gasteiger partial charge on any atom is 0.162 e. The molecule has 0 heterocycles. The Hall–Kier alpha value is -0.730. The Morgan fingerprint density at radius 2 is 2.30 bits per heavy atom. The number of ketones is 1. The molecule has 0 aromatic rings. The molecule has 0 aromatic heterocycles. The van der Waals surface area contributed by atoms with Gasteiger partial charge in [0.2, 0.25) is 0 Å². The minimum atomic E-state index is -1.60. The maximum absolute atomic E-state index is 12.1. The van der Waals surface area contributed by atoms with E-state index in [1.54, 1.807) is 0 Å². The Morgan fingerprint density at radius 3 is 2.70 bits per heavy atom. The third-order valence-corrected chi connectivity index (χ3v) is 1.10. The lowest BCUT2D eigenvalue weighted by molar-refractivity contribution is -0.123. The third kappa shape index (κ3) is 4.18. The summed E-state index contributed by atoms with van der Waals surface area (Å²) in [7, 11) is 0. The number of halogens is 1. The highest BCUT2D eigenvalue weighted by molar-refractivity contribution is 5.81. The first-order chi connectivity index (χ1) is 4.70. The number of carbonyl (C=O) groups is 2. The molecule has 0 amide bonds. The fraction of sp³-hybridized carbons (Fsp3) is 0.714. The van der Waals surface area contributed by atoms with E-state index in [-0.39, 0.29) is 18.5 Å². The van der Waals surface area contributed by atoms with Crippen LogP contribution < -0.4 is 0 Å². The normalized spacial score (nSPS) is 12.6. The molecule has 0 spiro atoms. The molecule has 0 saturated carbocycles. The van der Waals surface area contributed by atoms with Crippen molar-refractivity contribution >= 4 is 12.1 Å². The van der Waals surface area contributed by atoms with Crippen molar-refractivity contribution in [2.24, 2.45) is 0 Å². The maximum atomic E-state index is 12.1. The van der Waals surface area contributed by atoms with Crippen molar-refractivity contribution in [2.45, 2.75) is 32.4 Å². The van der Waals surface area contributed by atoms with Crippen molar-refractivity contribution in [3.05, 3.63) is 0 Å². The van der Waals surface area contributed by atoms with E-state index in [0.29, 0.717) is 12.8 Å². The van der Waals surface area contributed by atoms with Crippen LogP contribution in [0.1, 0.15) is 26.2 Å². The fourth-order valence-corrected chi connectivity index (χ4v) is 0.647. The summed E-state index contributed by atoms with van der Waals surface area (Å²) < 4.78 is 12.1. The Morgan fingerprint density at radius 1 is 1.70 bits per heavy atom. The average Bonchev–Trinajstić information content (AvgIpc) is 1.88. The summed E-state index contributed by atoms with van der Waals surface area (Å²) in [6.45, 7) is 1.84. The van der Waals surface area contributed by atoms with Crippen LogP contribution in [0.4, 0.5) is 4.39 Å². The van der Waals surface area contributed by atoms with Crippen LogP contribution >= 0.6 is 0 Å². The predicted molar refractivity (Wildman–Crippen MR) is 35.5 cm³/mol. The second kappa shape index (κ2) is 5.09. The van der Waals surface area contributed by atoms with E-state index in [1.165, 1.54) is 0 Å². The van der Waals surface area contributed by atoms with Crippen LogP contribution in [0.3, 0.4) is 0 Å². The molecule has 1 unspecified atom stereocenters. The molecule has 0 fully saturated rings. The summed E-state index contributed by atoms with van der Waals surface area (Å²) in [4.78, 5) is 20.3. The first-order valence-electron chi connectivity index (χ1n) is 3.31. The molecule has 0 aliphatic carbocycles. The SMILES string of the molecule is CCCC(=O)CC(F)C=O. The molecular formula is C7H11FO2. The first-order valence-corrected chi connectivity index (χ1v) is 3.31. The van der Waals surface area contributed by atoms with E-state index in [4.69, 9.17) is 0 Å². The topological polar surface area (TPSA) is 34.1 Å². The van der Waals surface area contributed by atoms with Gasteiger partial charge in [-0.3, -0.25) is 4.79 Å². The highest BCUT2D eigenvalue weighted by Crippen LogP contribution is 1.99. The Labute approximate surface area is 59.4 Å². The summed E-state index contributed by atoms with van der Waals surface area (Å²) in [5.74, 6) is -0.179. The molecule has 10 heavy (non-hydrogen) atoms. The van der Waals surface area contributed by atoms with Crippen LogP contribution in [0.2, 0.25) is 0 Å². The zero-order valence-electron chi connectivity index (χ0n) is 5.97. The molecular weight excluding hydrogens is 135 g/mol. The van der Waals surface area contributed by atoms with E-state index in [0.717, 1.165) is 0 Å². The highest BCUT2D eigenvalue weighted by Gasteiger charge is 2.09. The lowest BCUT2D eigenvalue weighted by atomic mass is 10.1. The molecule has 0 aliphatic heterocycles. The van der Waals surface area contributed by atoms with Crippen LogP contribution in [0, 0.1) is 0 Å². The smallest absolute Gasteiger partial charge is 0.162 e. The average molecular weight is 146 g/mol. The molecule has 0 rings (SSSR count). The van der Waals surface area contributed by atoms with Crippen LogP contribution in [0.15, 0.2) is 0 Å². The number of aldehydes is 1. The zero-order valence-corrected chi connectivity index (χ0v) is 5.97. The standard InChI is InChI=1S/C7H11FO2/c1-2-3-7(10)4-6(8)5-9/h5-6H,2-4H2,1H3. The number of alkyl halides is 1. The second-order valence-corrected chi connectivity index (χ2v) is 2.14. The van der Waals surface area contributed by atoms with E-state index in [9.17, 15) is 14.0 Å². The minimum Gasteiger partial charge on any atom is -0.300 e. The summed E-state index contributed by atoms with van der Waals surface area (Å²) >= 11 is 0. The van der Waals surface area contributed by atoms with E-state index < -0.39 is 6.17 Å². The van der Waals surface area contributed by atoms with Crippen molar-refractivity contribution in [3.8, 4) is 0 Å². The molecule has 3 heteroatoms. The number of hydrogen-bond donors (Lipinski definition) is 0. The molecule has 0 saturated heterocycles. The summed E-state index contributed by atoms with van der Waals surface area (Å²) in [5, 5.41) is 0. The van der Waals surface area contributed by atoms with E-state index in [1.807, 2.05) is 6.92 Å². The van der Waals surface area contributed by atoms with Gasteiger partial charge in [-0.05, 0) is 6.42 Å². The van der Waals surface area contributed by atoms with Crippen LogP contribution in [0.25, 0.3) is 0 Å². The number of rotatable bonds is 5. The molecule has 1 atom stereocenters. The van der Waals surface area contributed by atoms with Crippen molar-refractivity contribution in [2.75, 3.05) is 0 Å². The Balaban J connectivity index is 3.46. The van der Waals surface area contributed by atoms with Crippen LogP contribution in [-0.4, -0.2) is 18.2 Å². The lowest BCUT2D eigenvalue weighted by Gasteiger charge is -1.96. The molecule has 0 N–H and O–H groups in total. The number of hydrogen-bond acceptors (Lipinski definition) is 2.